The van der Waals surface area contributed by atoms with Gasteiger partial charge in [-0.2, -0.15) is 0 Å². The smallest absolute Gasteiger partial charge is 0.253 e. The zero-order chi connectivity index (χ0) is 24.7. The van der Waals surface area contributed by atoms with Crippen LogP contribution in [0.4, 0.5) is 5.82 Å². The zero-order valence-corrected chi connectivity index (χ0v) is 19.8. The Kier molecular flexibility index (Phi) is 5.91. The van der Waals surface area contributed by atoms with Crippen LogP contribution in [0.15, 0.2) is 49.1 Å². The Morgan fingerprint density at radius 3 is 2.77 bits per heavy atom. The second kappa shape index (κ2) is 9.05. The molecule has 10 nitrogen and oxygen atoms in total. The number of hydrogen-bond donors (Lipinski definition) is 4. The average molecular weight is 511 g/mol. The summed E-state index contributed by atoms with van der Waals surface area (Å²) in [5, 5.41) is 29.5. The number of nitrogen functional groups attached to an aromatic ring is 1. The maximum Gasteiger partial charge on any atom is 0.253 e. The summed E-state index contributed by atoms with van der Waals surface area (Å²) < 4.78 is 1.81. The summed E-state index contributed by atoms with van der Waals surface area (Å²) >= 11 is 12.5. The van der Waals surface area contributed by atoms with Crippen LogP contribution < -0.4 is 16.0 Å². The molecule has 0 bridgehead atoms. The molecule has 0 unspecified atom stereocenters. The molecule has 1 atom stereocenters. The van der Waals surface area contributed by atoms with Gasteiger partial charge in [-0.25, -0.2) is 4.98 Å². The number of carbonyl (C=O) groups is 1. The van der Waals surface area contributed by atoms with E-state index in [1.54, 1.807) is 18.5 Å². The summed E-state index contributed by atoms with van der Waals surface area (Å²) in [6.45, 7) is 0.961. The van der Waals surface area contributed by atoms with Crippen molar-refractivity contribution < 1.29 is 9.90 Å². The van der Waals surface area contributed by atoms with Crippen LogP contribution in [-0.2, 0) is 0 Å². The molecule has 1 aliphatic rings. The molecule has 1 amide bonds. The van der Waals surface area contributed by atoms with Crippen molar-refractivity contribution in [1.29, 1.82) is 5.41 Å². The van der Waals surface area contributed by atoms with Gasteiger partial charge in [0.1, 0.15) is 12.2 Å². The molecule has 4 heterocycles. The number of hydrogen-bond acceptors (Lipinski definition) is 7. The van der Waals surface area contributed by atoms with E-state index in [2.05, 4.69) is 20.5 Å². The number of carbonyl (C=O) groups excluding carboxylic acids is 1. The Labute approximate surface area is 209 Å². The van der Waals surface area contributed by atoms with Gasteiger partial charge in [0.15, 0.2) is 17.2 Å². The zero-order valence-electron chi connectivity index (χ0n) is 18.2. The van der Waals surface area contributed by atoms with Crippen molar-refractivity contribution >= 4 is 46.4 Å². The number of nitrogens with two attached hydrogens (primary N) is 1. The fourth-order valence-electron chi connectivity index (χ4n) is 4.17. The first-order valence-corrected chi connectivity index (χ1v) is 11.4. The molecule has 178 valence electrons. The Morgan fingerprint density at radius 2 is 2.00 bits per heavy atom. The Hall–Kier alpha value is -3.89. The number of nitrogens with one attached hydrogen (secondary N) is 2. The van der Waals surface area contributed by atoms with Crippen molar-refractivity contribution in [2.45, 2.75) is 12.5 Å². The van der Waals surface area contributed by atoms with Crippen LogP contribution in [-0.4, -0.2) is 55.6 Å². The highest BCUT2D eigenvalue weighted by Gasteiger charge is 2.29. The number of nitrogens with zero attached hydrogens (tertiary/aromatic N) is 5. The molecule has 12 heteroatoms. The first-order chi connectivity index (χ1) is 16.8. The maximum absolute atomic E-state index is 12.9. The summed E-state index contributed by atoms with van der Waals surface area (Å²) in [5.74, 6) is -0.621. The number of fused-ring (bicyclic) bond motifs is 1. The molecule has 0 spiro atoms. The summed E-state index contributed by atoms with van der Waals surface area (Å²) in [7, 11) is 0. The topological polar surface area (TPSA) is 146 Å². The van der Waals surface area contributed by atoms with E-state index >= 15 is 0 Å². The van der Waals surface area contributed by atoms with E-state index in [1.165, 1.54) is 6.20 Å². The number of aromatic nitrogens is 4. The summed E-state index contributed by atoms with van der Waals surface area (Å²) in [6.07, 6.45) is 5.50. The summed E-state index contributed by atoms with van der Waals surface area (Å²) in [5.41, 5.74) is 8.46. The fraction of sp³-hybridized carbons (Fsp3) is 0.174. The van der Waals surface area contributed by atoms with Crippen LogP contribution in [0, 0.1) is 5.41 Å². The van der Waals surface area contributed by atoms with E-state index in [0.717, 1.165) is 16.8 Å². The number of aromatic hydroxyl groups is 1. The third-order valence-corrected chi connectivity index (χ3v) is 6.52. The van der Waals surface area contributed by atoms with Crippen LogP contribution in [0.5, 0.6) is 5.75 Å². The molecule has 1 aliphatic heterocycles. The largest absolute Gasteiger partial charge is 0.504 e. The van der Waals surface area contributed by atoms with Crippen molar-refractivity contribution in [3.8, 4) is 16.9 Å². The van der Waals surface area contributed by atoms with Crippen molar-refractivity contribution in [1.82, 2.24) is 24.9 Å². The van der Waals surface area contributed by atoms with Gasteiger partial charge in [-0.1, -0.05) is 29.3 Å². The van der Waals surface area contributed by atoms with E-state index in [1.807, 2.05) is 33.7 Å². The molecule has 1 saturated heterocycles. The van der Waals surface area contributed by atoms with Crippen molar-refractivity contribution in [2.75, 3.05) is 18.0 Å². The number of pyridine rings is 2. The third kappa shape index (κ3) is 4.33. The molecular weight excluding hydrogens is 491 g/mol. The summed E-state index contributed by atoms with van der Waals surface area (Å²) in [4.78, 5) is 19.0. The fourth-order valence-corrected chi connectivity index (χ4v) is 4.67. The van der Waals surface area contributed by atoms with E-state index in [9.17, 15) is 9.90 Å². The van der Waals surface area contributed by atoms with Gasteiger partial charge in [0.05, 0.1) is 21.2 Å². The number of amides is 1. The van der Waals surface area contributed by atoms with Crippen LogP contribution in [0.3, 0.4) is 0 Å². The molecule has 5 rings (SSSR count). The molecule has 1 aromatic carbocycles. The SMILES string of the molecule is N=C(N)c1c(Cl)cnc(N2CC[C@@H](NC(=O)c3ccc(-c4ccc5nncn5c4)cc3Cl)C2)c1O. The van der Waals surface area contributed by atoms with E-state index in [0.29, 0.717) is 30.1 Å². The number of halogens is 2. The van der Waals surface area contributed by atoms with Crippen molar-refractivity contribution in [2.24, 2.45) is 5.73 Å². The van der Waals surface area contributed by atoms with Gasteiger partial charge in [0, 0.05) is 31.5 Å². The van der Waals surface area contributed by atoms with Gasteiger partial charge >= 0.3 is 0 Å². The normalized spacial score (nSPS) is 15.5. The molecule has 0 saturated carbocycles. The maximum atomic E-state index is 12.9. The summed E-state index contributed by atoms with van der Waals surface area (Å²) in [6, 6.07) is 8.87. The van der Waals surface area contributed by atoms with Gasteiger partial charge in [-0.15, -0.1) is 10.2 Å². The first kappa shape index (κ1) is 22.9. The lowest BCUT2D eigenvalue weighted by Crippen LogP contribution is -2.37. The predicted molar refractivity (Wildman–Crippen MR) is 133 cm³/mol. The molecule has 35 heavy (non-hydrogen) atoms. The number of anilines is 1. The van der Waals surface area contributed by atoms with Crippen LogP contribution in [0.1, 0.15) is 22.3 Å². The second-order valence-electron chi connectivity index (χ2n) is 8.18. The first-order valence-electron chi connectivity index (χ1n) is 10.7. The van der Waals surface area contributed by atoms with Gasteiger partial charge in [-0.3, -0.25) is 14.6 Å². The van der Waals surface area contributed by atoms with Gasteiger partial charge in [-0.05, 0) is 41.8 Å². The standard InChI is InChI=1S/C23H20Cl2N8O2/c24-16-7-12(13-2-4-18-31-29-11-33(18)9-13)1-3-15(16)23(35)30-14-5-6-32(10-14)22-20(34)19(21(26)27)17(25)8-28-22/h1-4,7-9,11,14,34H,5-6,10H2,(H3,26,27)(H,30,35)/t14-/m1/s1. The van der Waals surface area contributed by atoms with Crippen molar-refractivity contribution in [3.05, 3.63) is 70.2 Å². The van der Waals surface area contributed by atoms with Crippen LogP contribution >= 0.6 is 23.2 Å². The molecule has 5 N–H and O–H groups in total. The molecule has 0 radical (unpaired) electrons. The quantitative estimate of drug-likeness (QED) is 0.238. The van der Waals surface area contributed by atoms with Gasteiger partial charge < -0.3 is 21.1 Å². The number of amidine groups is 1. The number of rotatable bonds is 5. The lowest BCUT2D eigenvalue weighted by atomic mass is 10.0. The van der Waals surface area contributed by atoms with Gasteiger partial charge in [0.25, 0.3) is 5.91 Å². The van der Waals surface area contributed by atoms with Crippen LogP contribution in [0.2, 0.25) is 10.0 Å². The minimum absolute atomic E-state index is 0.0412. The Balaban J connectivity index is 1.29. The van der Waals surface area contributed by atoms with Crippen LogP contribution in [0.25, 0.3) is 16.8 Å². The highest BCUT2D eigenvalue weighted by atomic mass is 35.5. The minimum atomic E-state index is -0.347. The Bertz CT molecular complexity index is 1470. The van der Waals surface area contributed by atoms with Crippen molar-refractivity contribution in [3.63, 3.8) is 0 Å². The predicted octanol–water partition coefficient (Wildman–Crippen LogP) is 3.10. The molecule has 1 fully saturated rings. The highest BCUT2D eigenvalue weighted by molar-refractivity contribution is 6.34. The second-order valence-corrected chi connectivity index (χ2v) is 9.00. The Morgan fingerprint density at radius 1 is 1.20 bits per heavy atom. The third-order valence-electron chi connectivity index (χ3n) is 5.92. The molecular formula is C23H20Cl2N8O2. The number of benzene rings is 1. The van der Waals surface area contributed by atoms with E-state index in [-0.39, 0.29) is 39.9 Å². The van der Waals surface area contributed by atoms with E-state index in [4.69, 9.17) is 34.3 Å². The minimum Gasteiger partial charge on any atom is -0.504 e. The highest BCUT2D eigenvalue weighted by Crippen LogP contribution is 2.35. The molecule has 3 aromatic heterocycles. The lowest BCUT2D eigenvalue weighted by molar-refractivity contribution is 0.0940. The monoisotopic (exact) mass is 510 g/mol. The molecule has 4 aromatic rings. The van der Waals surface area contributed by atoms with Gasteiger partial charge in [0.2, 0.25) is 0 Å². The molecule has 0 aliphatic carbocycles. The average Bonchev–Trinajstić information content (AvgIpc) is 3.47. The lowest BCUT2D eigenvalue weighted by Gasteiger charge is -2.20. The van der Waals surface area contributed by atoms with E-state index < -0.39 is 0 Å².